The second-order valence-corrected chi connectivity index (χ2v) is 23.9. The fourth-order valence-corrected chi connectivity index (χ4v) is 12.3. The zero-order chi connectivity index (χ0) is 62.5. The summed E-state index contributed by atoms with van der Waals surface area (Å²) in [6.45, 7) is 12.1. The van der Waals surface area contributed by atoms with Crippen molar-refractivity contribution in [1.29, 1.82) is 0 Å². The lowest BCUT2D eigenvalue weighted by molar-refractivity contribution is -0.334. The number of hydrogen-bond acceptors (Lipinski definition) is 27. The van der Waals surface area contributed by atoms with Crippen LogP contribution in [0.25, 0.3) is 21.9 Å². The van der Waals surface area contributed by atoms with Crippen molar-refractivity contribution in [3.05, 3.63) is 46.1 Å². The zero-order valence-corrected chi connectivity index (χ0v) is 49.8. The second kappa shape index (κ2) is 26.9. The zero-order valence-electron chi connectivity index (χ0n) is 48.9. The lowest BCUT2D eigenvalue weighted by Crippen LogP contribution is -2.58. The molecule has 2 aromatic heterocycles. The number of nitrogens with zero attached hydrogens (tertiary/aromatic N) is 2. The van der Waals surface area contributed by atoms with Crippen molar-refractivity contribution in [3.8, 4) is 17.2 Å². The first-order valence-corrected chi connectivity index (χ1v) is 29.2. The number of methoxy groups -OCH3 is 1. The molecular weight excluding hydrogens is 1160 g/mol. The molecule has 5 aliphatic heterocycles. The first-order chi connectivity index (χ1) is 40.6. The fraction of sp³-hybridized carbons (Fsp3) is 0.702. The Kier molecular flexibility index (Phi) is 20.6. The fourth-order valence-electron chi connectivity index (χ4n) is 12.1. The summed E-state index contributed by atoms with van der Waals surface area (Å²) in [5, 5.41) is 120. The highest BCUT2D eigenvalue weighted by atomic mass is 32.1. The average molecular weight is 1240 g/mol. The first kappa shape index (κ1) is 65.9. The molecule has 4 aromatic rings. The van der Waals surface area contributed by atoms with Gasteiger partial charge in [-0.05, 0) is 84.9 Å². The van der Waals surface area contributed by atoms with Gasteiger partial charge in [0.05, 0.1) is 90.2 Å². The molecule has 0 saturated carbocycles. The van der Waals surface area contributed by atoms with Gasteiger partial charge in [-0.25, -0.2) is 9.97 Å². The van der Waals surface area contributed by atoms with Crippen LogP contribution in [-0.4, -0.2) is 242 Å². The Morgan fingerprint density at radius 2 is 1.24 bits per heavy atom. The molecule has 86 heavy (non-hydrogen) atoms. The SMILES string of the molecule is CO[C@H](C(=O)[C@@H](O)[C@@H](C)O)C1Cc2cc3cc(O[C@H]4C[C@@H](O[C@H]5C[C@@H](O)[C@H](O)[C@@H](C)O5)[C@@H](O)[C@@H](C)O4)c(C)c(O)c3c(O)c2C(=O)[C@H]1O[C@H]1C[C@@H](O[C@H]2C[C@@H](O[C@H]3C[C@](C)(O)[C@H](O)[C@@H](C)O3)[C@H](O)[C@@H](C)O2)[C@H](O)[C@@H](C)O1.S=c1nc[nH]c2nc[nH]c12. The molecule has 13 N–H and O–H groups in total. The Balaban J connectivity index is 0.000000794. The number of hydrogen-bond donors (Lipinski definition) is 13. The van der Waals surface area contributed by atoms with Gasteiger partial charge in [0.1, 0.15) is 71.6 Å². The van der Waals surface area contributed by atoms with Gasteiger partial charge in [-0.15, -0.1) is 0 Å². The van der Waals surface area contributed by atoms with E-state index in [1.807, 2.05) is 0 Å². The van der Waals surface area contributed by atoms with Crippen LogP contribution < -0.4 is 4.74 Å². The molecule has 2 aromatic carbocycles. The van der Waals surface area contributed by atoms with E-state index in [2.05, 4.69) is 19.9 Å². The Hall–Kier alpha value is -4.55. The highest BCUT2D eigenvalue weighted by Gasteiger charge is 2.51. The van der Waals surface area contributed by atoms with E-state index in [9.17, 15) is 61.0 Å². The summed E-state index contributed by atoms with van der Waals surface area (Å²) >= 11 is 4.91. The predicted octanol–water partition coefficient (Wildman–Crippen LogP) is 0.766. The summed E-state index contributed by atoms with van der Waals surface area (Å²) in [6.07, 6.45) is -23.9. The monoisotopic (exact) mass is 1240 g/mol. The number of aliphatic hydroxyl groups is 9. The highest BCUT2D eigenvalue weighted by Crippen LogP contribution is 2.48. The molecule has 1 aliphatic carbocycles. The van der Waals surface area contributed by atoms with Crippen LogP contribution in [0.2, 0.25) is 0 Å². The molecule has 10 rings (SSSR count). The Morgan fingerprint density at radius 3 is 1.80 bits per heavy atom. The number of aromatic amines is 2. The first-order valence-electron chi connectivity index (χ1n) is 28.8. The maximum absolute atomic E-state index is 15.0. The van der Waals surface area contributed by atoms with Gasteiger partial charge in [-0.3, -0.25) is 9.59 Å². The summed E-state index contributed by atoms with van der Waals surface area (Å²) < 4.78 is 67.1. The number of aromatic nitrogens is 4. The van der Waals surface area contributed by atoms with Gasteiger partial charge < -0.3 is 118 Å². The molecule has 6 aliphatic rings. The number of ketones is 2. The third-order valence-corrected chi connectivity index (χ3v) is 17.4. The van der Waals surface area contributed by atoms with Gasteiger partial charge in [-0.2, -0.15) is 0 Å². The van der Waals surface area contributed by atoms with E-state index in [0.717, 1.165) is 11.2 Å². The van der Waals surface area contributed by atoms with Crippen LogP contribution in [0, 0.1) is 17.5 Å². The number of fused-ring (bicyclic) bond motifs is 3. The molecule has 1 unspecified atom stereocenters. The van der Waals surface area contributed by atoms with Gasteiger partial charge in [0.15, 0.2) is 47.0 Å². The van der Waals surface area contributed by atoms with E-state index < -0.39 is 176 Å². The number of H-pyrrole nitrogens is 2. The lowest BCUT2D eigenvalue weighted by atomic mass is 9.75. The molecule has 5 fully saturated rings. The quantitative estimate of drug-likeness (QED) is 0.0731. The van der Waals surface area contributed by atoms with E-state index in [4.69, 9.17) is 64.3 Å². The molecular formula is C57H80N4O24S. The van der Waals surface area contributed by atoms with Gasteiger partial charge in [0.25, 0.3) is 0 Å². The number of rotatable bonds is 15. The standard InChI is InChI=1S/C52H76O24.C5H4N4S/c1-18-29(72-34-14-30(43(58)21(4)68-34)73-33-13-28(54)42(57)20(3)67-33)12-26-10-25-11-27(49(66-9)48(63)41(56)19(2)53)50(47(62)39(25)46(61)38(26)40(18)55)76-36-16-31(44(59)23(6)70-36)74-35-15-32(45(60)22(5)69-35)75-37-17-52(8,65)51(64)24(7)71-37;10-5-3-4(7-1-6-3)8-2-9-5/h10,12,19-24,27-28,30-37,41-45,49-51,53-61,64-65H,11,13-17H2,1-9H3;1-2H,(H2,6,7,8,9,10)/t19-,20-,21-,22-,23-,24-,27?,28-,30-,31-,32-,33+,34+,35+,36+,37+,41+,42-,43+,44-,45-,49+,50+,51-,52+;/m1./s1. The Morgan fingerprint density at radius 1 is 0.721 bits per heavy atom. The van der Waals surface area contributed by atoms with E-state index in [1.54, 1.807) is 34.0 Å². The number of nitrogens with one attached hydrogen (secondary N) is 2. The molecule has 0 amide bonds. The Bertz CT molecular complexity index is 3070. The predicted molar refractivity (Wildman–Crippen MR) is 298 cm³/mol. The normalized spacial score (nSPS) is 38.8. The van der Waals surface area contributed by atoms with Crippen molar-refractivity contribution in [2.75, 3.05) is 7.11 Å². The molecule has 478 valence electrons. The van der Waals surface area contributed by atoms with Gasteiger partial charge in [-0.1, -0.05) is 12.2 Å². The minimum absolute atomic E-state index is 0.0365. The van der Waals surface area contributed by atoms with E-state index >= 15 is 4.79 Å². The number of carbonyl (C=O) groups excluding carboxylic acids is 2. The number of imidazole rings is 1. The minimum Gasteiger partial charge on any atom is -0.507 e. The third kappa shape index (κ3) is 13.8. The second-order valence-electron chi connectivity index (χ2n) is 23.5. The number of carbonyl (C=O) groups is 2. The van der Waals surface area contributed by atoms with Gasteiger partial charge in [0.2, 0.25) is 6.29 Å². The molecule has 0 spiro atoms. The van der Waals surface area contributed by atoms with Crippen LogP contribution in [0.4, 0.5) is 0 Å². The number of Topliss-reactive ketones (excluding diaryl/α,β-unsaturated/α-hetero) is 2. The van der Waals surface area contributed by atoms with Crippen LogP contribution in [0.3, 0.4) is 0 Å². The molecule has 29 heteroatoms. The van der Waals surface area contributed by atoms with Crippen molar-refractivity contribution in [1.82, 2.24) is 19.9 Å². The van der Waals surface area contributed by atoms with Crippen LogP contribution in [0.1, 0.15) is 102 Å². The van der Waals surface area contributed by atoms with Crippen LogP contribution in [0.5, 0.6) is 17.2 Å². The summed E-state index contributed by atoms with van der Waals surface area (Å²) in [7, 11) is 1.18. The van der Waals surface area contributed by atoms with E-state index in [0.29, 0.717) is 4.64 Å². The summed E-state index contributed by atoms with van der Waals surface area (Å²) in [4.78, 5) is 42.5. The van der Waals surface area contributed by atoms with Crippen LogP contribution in [0.15, 0.2) is 24.8 Å². The number of benzene rings is 2. The third-order valence-electron chi connectivity index (χ3n) is 17.1. The van der Waals surface area contributed by atoms with Crippen molar-refractivity contribution >= 4 is 45.7 Å². The number of aromatic hydroxyl groups is 2. The van der Waals surface area contributed by atoms with Crippen molar-refractivity contribution in [3.63, 3.8) is 0 Å². The van der Waals surface area contributed by atoms with Crippen LogP contribution in [-0.2, 0) is 58.6 Å². The summed E-state index contributed by atoms with van der Waals surface area (Å²) in [5.74, 6) is -4.07. The van der Waals surface area contributed by atoms with Crippen molar-refractivity contribution in [2.24, 2.45) is 5.92 Å². The topological polar surface area (TPSA) is 416 Å². The Labute approximate surface area is 499 Å². The molecule has 7 heterocycles. The average Bonchev–Trinajstić information content (AvgIpc) is 1.74. The minimum atomic E-state index is -1.95. The van der Waals surface area contributed by atoms with Gasteiger partial charge in [0, 0.05) is 50.7 Å². The maximum atomic E-state index is 15.0. The number of ether oxygens (including phenoxy) is 11. The summed E-state index contributed by atoms with van der Waals surface area (Å²) in [6, 6.07) is 3.03. The van der Waals surface area contributed by atoms with Crippen LogP contribution >= 0.6 is 12.2 Å². The van der Waals surface area contributed by atoms with Crippen molar-refractivity contribution in [2.45, 2.75) is 241 Å². The number of aliphatic hydroxyl groups excluding tert-OH is 8. The molecule has 28 nitrogen and oxygen atoms in total. The number of phenolic OH excluding ortho intramolecular Hbond substituents is 2. The summed E-state index contributed by atoms with van der Waals surface area (Å²) in [5.41, 5.74) is 0.0668. The molecule has 0 radical (unpaired) electrons. The van der Waals surface area contributed by atoms with E-state index in [-0.39, 0.29) is 71.7 Å². The lowest BCUT2D eigenvalue weighted by Gasteiger charge is -2.46. The molecule has 0 bridgehead atoms. The number of phenols is 2. The molecule has 5 saturated heterocycles. The highest BCUT2D eigenvalue weighted by molar-refractivity contribution is 7.71. The smallest absolute Gasteiger partial charge is 0.202 e. The largest absolute Gasteiger partial charge is 0.507 e. The van der Waals surface area contributed by atoms with Crippen molar-refractivity contribution < 1.29 is 118 Å². The molecule has 25 atom stereocenters. The maximum Gasteiger partial charge on any atom is 0.202 e. The van der Waals surface area contributed by atoms with Gasteiger partial charge >= 0.3 is 0 Å². The van der Waals surface area contributed by atoms with E-state index in [1.165, 1.54) is 53.3 Å².